The van der Waals surface area contributed by atoms with Gasteiger partial charge in [-0.15, -0.1) is 0 Å². The van der Waals surface area contributed by atoms with Crippen molar-refractivity contribution in [1.82, 2.24) is 9.13 Å². The molecule has 0 fully saturated rings. The number of fused-ring (bicyclic) bond motifs is 1. The number of hydrogen-bond acceptors (Lipinski definition) is 2. The highest BCUT2D eigenvalue weighted by Crippen LogP contribution is 2.11. The van der Waals surface area contributed by atoms with Crippen LogP contribution in [0.25, 0.3) is 10.9 Å². The Kier molecular flexibility index (Phi) is 4.65. The van der Waals surface area contributed by atoms with E-state index in [2.05, 4.69) is 13.8 Å². The number of benzene rings is 2. The zero-order valence-corrected chi connectivity index (χ0v) is 14.1. The molecule has 0 saturated heterocycles. The van der Waals surface area contributed by atoms with Gasteiger partial charge in [0.05, 0.1) is 17.4 Å². The van der Waals surface area contributed by atoms with E-state index in [0.717, 1.165) is 12.0 Å². The molecule has 24 heavy (non-hydrogen) atoms. The van der Waals surface area contributed by atoms with Gasteiger partial charge in [-0.2, -0.15) is 0 Å². The predicted octanol–water partition coefficient (Wildman–Crippen LogP) is 3.26. The molecule has 4 nitrogen and oxygen atoms in total. The molecule has 3 rings (SSSR count). The monoisotopic (exact) mass is 322 g/mol. The van der Waals surface area contributed by atoms with E-state index in [1.54, 1.807) is 10.6 Å². The first kappa shape index (κ1) is 16.2. The second-order valence-corrected chi connectivity index (χ2v) is 6.51. The van der Waals surface area contributed by atoms with Crippen LogP contribution in [0.3, 0.4) is 0 Å². The quantitative estimate of drug-likeness (QED) is 0.724. The number of aromatic nitrogens is 2. The minimum absolute atomic E-state index is 0.194. The van der Waals surface area contributed by atoms with Crippen LogP contribution in [0.4, 0.5) is 0 Å². The lowest BCUT2D eigenvalue weighted by molar-refractivity contribution is 0.485. The number of hydrogen-bond donors (Lipinski definition) is 0. The van der Waals surface area contributed by atoms with Crippen LogP contribution in [-0.4, -0.2) is 9.13 Å². The summed E-state index contributed by atoms with van der Waals surface area (Å²) in [7, 11) is 0. The lowest BCUT2D eigenvalue weighted by Gasteiger charge is -2.15. The van der Waals surface area contributed by atoms with Crippen molar-refractivity contribution >= 4 is 10.9 Å². The molecule has 0 aliphatic heterocycles. The molecule has 0 aliphatic carbocycles. The summed E-state index contributed by atoms with van der Waals surface area (Å²) in [6, 6.07) is 17.2. The molecule has 0 atom stereocenters. The van der Waals surface area contributed by atoms with E-state index in [9.17, 15) is 9.59 Å². The Labute approximate surface area is 141 Å². The molecule has 2 aromatic carbocycles. The third-order valence-electron chi connectivity index (χ3n) is 4.25. The fourth-order valence-corrected chi connectivity index (χ4v) is 2.87. The van der Waals surface area contributed by atoms with Gasteiger partial charge in [0.2, 0.25) is 0 Å². The van der Waals surface area contributed by atoms with E-state index in [0.29, 0.717) is 29.9 Å². The molecule has 0 bridgehead atoms. The van der Waals surface area contributed by atoms with E-state index in [1.807, 2.05) is 48.5 Å². The Morgan fingerprint density at radius 2 is 1.54 bits per heavy atom. The minimum Gasteiger partial charge on any atom is -0.289 e. The van der Waals surface area contributed by atoms with Crippen LogP contribution in [0.1, 0.15) is 25.8 Å². The molecule has 0 spiro atoms. The van der Waals surface area contributed by atoms with Crippen LogP contribution >= 0.6 is 0 Å². The fourth-order valence-electron chi connectivity index (χ4n) is 2.87. The lowest BCUT2D eigenvalue weighted by Crippen LogP contribution is -2.40. The van der Waals surface area contributed by atoms with Crippen molar-refractivity contribution in [1.29, 1.82) is 0 Å². The predicted molar refractivity (Wildman–Crippen MR) is 97.5 cm³/mol. The summed E-state index contributed by atoms with van der Waals surface area (Å²) in [6.45, 7) is 5.10. The summed E-state index contributed by atoms with van der Waals surface area (Å²) in [5, 5.41) is 0.594. The Balaban J connectivity index is 2.19. The van der Waals surface area contributed by atoms with Gasteiger partial charge in [0.15, 0.2) is 0 Å². The summed E-state index contributed by atoms with van der Waals surface area (Å²) >= 11 is 0. The van der Waals surface area contributed by atoms with Crippen molar-refractivity contribution in [2.75, 3.05) is 0 Å². The molecule has 0 unspecified atom stereocenters. The van der Waals surface area contributed by atoms with Gasteiger partial charge in [0, 0.05) is 6.54 Å². The van der Waals surface area contributed by atoms with Gasteiger partial charge in [-0.25, -0.2) is 4.79 Å². The topological polar surface area (TPSA) is 44.0 Å². The van der Waals surface area contributed by atoms with Crippen molar-refractivity contribution in [2.45, 2.75) is 33.4 Å². The number of rotatable bonds is 5. The zero-order chi connectivity index (χ0) is 17.1. The highest BCUT2D eigenvalue weighted by molar-refractivity contribution is 5.77. The summed E-state index contributed by atoms with van der Waals surface area (Å²) < 4.78 is 3.08. The van der Waals surface area contributed by atoms with E-state index in [-0.39, 0.29) is 11.2 Å². The maximum absolute atomic E-state index is 12.9. The number of nitrogens with zero attached hydrogens (tertiary/aromatic N) is 2. The molecule has 1 heterocycles. The van der Waals surface area contributed by atoms with Crippen molar-refractivity contribution in [3.05, 3.63) is 81.0 Å². The van der Waals surface area contributed by atoms with Gasteiger partial charge in [-0.05, 0) is 30.0 Å². The van der Waals surface area contributed by atoms with Crippen LogP contribution < -0.4 is 11.2 Å². The van der Waals surface area contributed by atoms with Crippen LogP contribution in [0.5, 0.6) is 0 Å². The maximum atomic E-state index is 12.9. The molecular weight excluding hydrogens is 300 g/mol. The van der Waals surface area contributed by atoms with Crippen molar-refractivity contribution in [2.24, 2.45) is 5.92 Å². The molecule has 0 N–H and O–H groups in total. The fraction of sp³-hybridized carbons (Fsp3) is 0.300. The molecule has 1 aromatic heterocycles. The van der Waals surface area contributed by atoms with Crippen LogP contribution in [0.15, 0.2) is 64.2 Å². The maximum Gasteiger partial charge on any atom is 0.331 e. The van der Waals surface area contributed by atoms with Crippen molar-refractivity contribution < 1.29 is 0 Å². The first-order valence-electron chi connectivity index (χ1n) is 8.34. The summed E-state index contributed by atoms with van der Waals surface area (Å²) in [5.41, 5.74) is 1.31. The molecule has 0 radical (unpaired) electrons. The first-order chi connectivity index (χ1) is 11.6. The van der Waals surface area contributed by atoms with Gasteiger partial charge in [-0.3, -0.25) is 13.9 Å². The molecule has 0 aliphatic rings. The number of para-hydroxylation sites is 1. The van der Waals surface area contributed by atoms with Gasteiger partial charge < -0.3 is 0 Å². The van der Waals surface area contributed by atoms with Crippen molar-refractivity contribution in [3.63, 3.8) is 0 Å². The van der Waals surface area contributed by atoms with E-state index >= 15 is 0 Å². The molecule has 4 heteroatoms. The standard InChI is InChI=1S/C20H22N2O2/c1-15(2)12-13-21-19(23)17-10-6-7-11-18(17)22(20(21)24)14-16-8-4-3-5-9-16/h3-11,15H,12-14H2,1-2H3. The second-order valence-electron chi connectivity index (χ2n) is 6.51. The van der Waals surface area contributed by atoms with Crippen LogP contribution in [0, 0.1) is 5.92 Å². The molecular formula is C20H22N2O2. The Hall–Kier alpha value is -2.62. The average Bonchev–Trinajstić information content (AvgIpc) is 2.59. The minimum atomic E-state index is -0.233. The lowest BCUT2D eigenvalue weighted by atomic mass is 10.1. The Bertz CT molecular complexity index is 953. The summed E-state index contributed by atoms with van der Waals surface area (Å²) in [4.78, 5) is 25.7. The molecule has 3 aromatic rings. The van der Waals surface area contributed by atoms with E-state index in [4.69, 9.17) is 0 Å². The SMILES string of the molecule is CC(C)CCn1c(=O)c2ccccc2n(Cc2ccccc2)c1=O. The molecule has 0 saturated carbocycles. The van der Waals surface area contributed by atoms with E-state index in [1.165, 1.54) is 4.57 Å². The summed E-state index contributed by atoms with van der Waals surface area (Å²) in [6.07, 6.45) is 0.804. The second kappa shape index (κ2) is 6.87. The first-order valence-corrected chi connectivity index (χ1v) is 8.34. The Morgan fingerprint density at radius 3 is 2.25 bits per heavy atom. The highest BCUT2D eigenvalue weighted by Gasteiger charge is 2.13. The summed E-state index contributed by atoms with van der Waals surface area (Å²) in [5.74, 6) is 0.436. The zero-order valence-electron chi connectivity index (χ0n) is 14.1. The van der Waals surface area contributed by atoms with Gasteiger partial charge >= 0.3 is 5.69 Å². The van der Waals surface area contributed by atoms with Gasteiger partial charge in [0.25, 0.3) is 5.56 Å². The van der Waals surface area contributed by atoms with Gasteiger partial charge in [0.1, 0.15) is 0 Å². The molecule has 0 amide bonds. The highest BCUT2D eigenvalue weighted by atomic mass is 16.2. The third-order valence-corrected chi connectivity index (χ3v) is 4.25. The smallest absolute Gasteiger partial charge is 0.289 e. The van der Waals surface area contributed by atoms with E-state index < -0.39 is 0 Å². The average molecular weight is 322 g/mol. The van der Waals surface area contributed by atoms with Crippen molar-refractivity contribution in [3.8, 4) is 0 Å². The normalized spacial score (nSPS) is 11.3. The van der Waals surface area contributed by atoms with Crippen LogP contribution in [0.2, 0.25) is 0 Å². The third kappa shape index (κ3) is 3.18. The Morgan fingerprint density at radius 1 is 0.875 bits per heavy atom. The van der Waals surface area contributed by atoms with Crippen LogP contribution in [-0.2, 0) is 13.1 Å². The largest absolute Gasteiger partial charge is 0.331 e. The molecule has 124 valence electrons. The van der Waals surface area contributed by atoms with Gasteiger partial charge in [-0.1, -0.05) is 56.3 Å².